The van der Waals surface area contributed by atoms with E-state index >= 15 is 0 Å². The first kappa shape index (κ1) is 9.01. The van der Waals surface area contributed by atoms with Crippen molar-refractivity contribution in [3.8, 4) is 0 Å². The Balaban J connectivity index is 2.68. The van der Waals surface area contributed by atoms with E-state index in [1.165, 1.54) is 11.1 Å². The smallest absolute Gasteiger partial charge is 0.0135 e. The van der Waals surface area contributed by atoms with Gasteiger partial charge in [-0.25, -0.2) is 0 Å². The van der Waals surface area contributed by atoms with Crippen LogP contribution < -0.4 is 5.32 Å². The number of nitrogens with one attached hydrogen (secondary N) is 1. The molecule has 0 aliphatic rings. The van der Waals surface area contributed by atoms with Gasteiger partial charge in [0.2, 0.25) is 0 Å². The molecule has 0 fully saturated rings. The van der Waals surface area contributed by atoms with Crippen LogP contribution in [0.4, 0.5) is 0 Å². The second-order valence-electron chi connectivity index (χ2n) is 2.82. The Morgan fingerprint density at radius 2 is 2.08 bits per heavy atom. The minimum Gasteiger partial charge on any atom is -0.316 e. The number of rotatable bonds is 3. The molecule has 0 amide bonds. The van der Waals surface area contributed by atoms with Crippen molar-refractivity contribution in [1.82, 2.24) is 5.32 Å². The van der Waals surface area contributed by atoms with Crippen molar-refractivity contribution < 1.29 is 0 Å². The largest absolute Gasteiger partial charge is 0.316 e. The van der Waals surface area contributed by atoms with Gasteiger partial charge < -0.3 is 5.32 Å². The Morgan fingerprint density at radius 3 is 2.75 bits per heavy atom. The first-order valence-corrected chi connectivity index (χ1v) is 4.21. The minimum atomic E-state index is 0.925. The van der Waals surface area contributed by atoms with Crippen LogP contribution in [0.2, 0.25) is 0 Å². The molecule has 1 N–H and O–H groups in total. The van der Waals surface area contributed by atoms with Crippen molar-refractivity contribution in [2.75, 3.05) is 13.6 Å². The van der Waals surface area contributed by atoms with Crippen LogP contribution >= 0.6 is 0 Å². The average Bonchev–Trinajstić information content (AvgIpc) is 2.09. The number of benzene rings is 1. The summed E-state index contributed by atoms with van der Waals surface area (Å²) in [5.74, 6) is 0. The number of hydrogen-bond acceptors (Lipinski definition) is 1. The van der Waals surface area contributed by atoms with Crippen molar-refractivity contribution in [1.29, 1.82) is 0 Å². The van der Waals surface area contributed by atoms with Crippen molar-refractivity contribution in [3.05, 3.63) is 41.5 Å². The minimum absolute atomic E-state index is 0.925. The molecule has 1 aromatic rings. The van der Waals surface area contributed by atoms with Gasteiger partial charge in [-0.15, -0.1) is 0 Å². The number of likely N-dealkylation sites (N-methyl/N-ethyl adjacent to an activating group) is 1. The highest BCUT2D eigenvalue weighted by atomic mass is 14.8. The molecule has 1 rings (SSSR count). The van der Waals surface area contributed by atoms with Crippen molar-refractivity contribution in [3.63, 3.8) is 0 Å². The maximum Gasteiger partial charge on any atom is 0.0135 e. The fourth-order valence-electron chi connectivity index (χ4n) is 1.08. The standard InChI is InChI=1S/C11H15N/c1-10-6-3-4-7-11(10)8-5-9-12-2/h3-8,12H,9H2,1-2H3. The molecule has 1 aromatic carbocycles. The molecule has 0 spiro atoms. The van der Waals surface area contributed by atoms with Crippen LogP contribution in [-0.2, 0) is 0 Å². The van der Waals surface area contributed by atoms with E-state index in [1.807, 2.05) is 7.05 Å². The van der Waals surface area contributed by atoms with E-state index in [4.69, 9.17) is 0 Å². The molecule has 1 heteroatoms. The highest BCUT2D eigenvalue weighted by molar-refractivity contribution is 5.53. The molecule has 0 atom stereocenters. The van der Waals surface area contributed by atoms with Gasteiger partial charge in [-0.05, 0) is 25.1 Å². The molecular weight excluding hydrogens is 146 g/mol. The van der Waals surface area contributed by atoms with Crippen LogP contribution in [0.5, 0.6) is 0 Å². The van der Waals surface area contributed by atoms with E-state index in [-0.39, 0.29) is 0 Å². The maximum absolute atomic E-state index is 3.07. The predicted octanol–water partition coefficient (Wildman–Crippen LogP) is 2.23. The van der Waals surface area contributed by atoms with Gasteiger partial charge in [0.15, 0.2) is 0 Å². The van der Waals surface area contributed by atoms with Gasteiger partial charge in [0.05, 0.1) is 0 Å². The van der Waals surface area contributed by atoms with E-state index in [0.29, 0.717) is 0 Å². The summed E-state index contributed by atoms with van der Waals surface area (Å²) in [6.45, 7) is 3.05. The molecule has 0 aliphatic carbocycles. The normalized spacial score (nSPS) is 10.8. The quantitative estimate of drug-likeness (QED) is 0.716. The summed E-state index contributed by atoms with van der Waals surface area (Å²) >= 11 is 0. The third kappa shape index (κ3) is 2.51. The lowest BCUT2D eigenvalue weighted by atomic mass is 10.1. The molecule has 0 aromatic heterocycles. The summed E-state index contributed by atoms with van der Waals surface area (Å²) in [5.41, 5.74) is 2.62. The first-order chi connectivity index (χ1) is 5.84. The summed E-state index contributed by atoms with van der Waals surface area (Å²) in [6, 6.07) is 8.37. The number of aryl methyl sites for hydroxylation is 1. The third-order valence-electron chi connectivity index (χ3n) is 1.81. The fraction of sp³-hybridized carbons (Fsp3) is 0.273. The predicted molar refractivity (Wildman–Crippen MR) is 54.1 cm³/mol. The van der Waals surface area contributed by atoms with Crippen LogP contribution in [0.25, 0.3) is 6.08 Å². The van der Waals surface area contributed by atoms with Crippen LogP contribution in [0.15, 0.2) is 30.3 Å². The molecule has 0 unspecified atom stereocenters. The summed E-state index contributed by atoms with van der Waals surface area (Å²) in [6.07, 6.45) is 4.27. The summed E-state index contributed by atoms with van der Waals surface area (Å²) in [7, 11) is 1.95. The molecule has 0 radical (unpaired) electrons. The van der Waals surface area contributed by atoms with Gasteiger partial charge >= 0.3 is 0 Å². The molecule has 12 heavy (non-hydrogen) atoms. The summed E-state index contributed by atoms with van der Waals surface area (Å²) < 4.78 is 0. The Hall–Kier alpha value is -1.08. The van der Waals surface area contributed by atoms with Gasteiger partial charge in [-0.3, -0.25) is 0 Å². The van der Waals surface area contributed by atoms with E-state index in [0.717, 1.165) is 6.54 Å². The summed E-state index contributed by atoms with van der Waals surface area (Å²) in [5, 5.41) is 3.07. The molecule has 1 nitrogen and oxygen atoms in total. The average molecular weight is 161 g/mol. The van der Waals surface area contributed by atoms with E-state index in [1.54, 1.807) is 0 Å². The zero-order chi connectivity index (χ0) is 8.81. The Labute approximate surface area is 74.1 Å². The topological polar surface area (TPSA) is 12.0 Å². The SMILES string of the molecule is CNCC=Cc1ccccc1C. The van der Waals surface area contributed by atoms with Crippen LogP contribution in [0, 0.1) is 6.92 Å². The molecule has 0 heterocycles. The molecule has 0 aliphatic heterocycles. The zero-order valence-electron chi connectivity index (χ0n) is 7.67. The second-order valence-corrected chi connectivity index (χ2v) is 2.82. The van der Waals surface area contributed by atoms with Gasteiger partial charge in [0.1, 0.15) is 0 Å². The van der Waals surface area contributed by atoms with E-state index in [2.05, 4.69) is 48.7 Å². The maximum atomic E-state index is 3.07. The van der Waals surface area contributed by atoms with Gasteiger partial charge in [0.25, 0.3) is 0 Å². The lowest BCUT2D eigenvalue weighted by Gasteiger charge is -1.97. The van der Waals surface area contributed by atoms with Gasteiger partial charge in [0, 0.05) is 6.54 Å². The molecule has 0 saturated carbocycles. The fourth-order valence-corrected chi connectivity index (χ4v) is 1.08. The van der Waals surface area contributed by atoms with Gasteiger partial charge in [-0.1, -0.05) is 36.4 Å². The van der Waals surface area contributed by atoms with Crippen molar-refractivity contribution >= 4 is 6.08 Å². The molecular formula is C11H15N. The number of hydrogen-bond donors (Lipinski definition) is 1. The third-order valence-corrected chi connectivity index (χ3v) is 1.81. The van der Waals surface area contributed by atoms with E-state index in [9.17, 15) is 0 Å². The Kier molecular flexibility index (Phi) is 3.55. The van der Waals surface area contributed by atoms with Crippen LogP contribution in [0.3, 0.4) is 0 Å². The second kappa shape index (κ2) is 4.73. The van der Waals surface area contributed by atoms with Crippen LogP contribution in [-0.4, -0.2) is 13.6 Å². The lowest BCUT2D eigenvalue weighted by Crippen LogP contribution is -2.03. The molecule has 0 bridgehead atoms. The van der Waals surface area contributed by atoms with E-state index < -0.39 is 0 Å². The highest BCUT2D eigenvalue weighted by Gasteiger charge is 1.88. The lowest BCUT2D eigenvalue weighted by molar-refractivity contribution is 0.922. The summed E-state index contributed by atoms with van der Waals surface area (Å²) in [4.78, 5) is 0. The monoisotopic (exact) mass is 161 g/mol. The zero-order valence-corrected chi connectivity index (χ0v) is 7.67. The first-order valence-electron chi connectivity index (χ1n) is 4.21. The Morgan fingerprint density at radius 1 is 1.33 bits per heavy atom. The van der Waals surface area contributed by atoms with Gasteiger partial charge in [-0.2, -0.15) is 0 Å². The molecule has 64 valence electrons. The molecule has 0 saturated heterocycles. The van der Waals surface area contributed by atoms with Crippen molar-refractivity contribution in [2.45, 2.75) is 6.92 Å². The van der Waals surface area contributed by atoms with Crippen molar-refractivity contribution in [2.24, 2.45) is 0 Å². The highest BCUT2D eigenvalue weighted by Crippen LogP contribution is 2.07. The van der Waals surface area contributed by atoms with Crippen LogP contribution in [0.1, 0.15) is 11.1 Å². The Bertz CT molecular complexity index is 263.